The monoisotopic (exact) mass is 375 g/mol. The topological polar surface area (TPSA) is 4.44 Å². The van der Waals surface area contributed by atoms with Crippen LogP contribution in [0, 0.1) is 0 Å². The Bertz CT molecular complexity index is 660. The van der Waals surface area contributed by atoms with Gasteiger partial charge in [0.1, 0.15) is 19.6 Å². The second-order valence-electron chi connectivity index (χ2n) is 6.23. The van der Waals surface area contributed by atoms with Gasteiger partial charge in [-0.3, -0.25) is 0 Å². The van der Waals surface area contributed by atoms with Crippen molar-refractivity contribution in [1.29, 1.82) is 0 Å². The highest BCUT2D eigenvalue weighted by Gasteiger charge is 2.20. The summed E-state index contributed by atoms with van der Waals surface area (Å²) in [6, 6.07) is 32.3. The zero-order valence-electron chi connectivity index (χ0n) is 14.9. The fraction of sp³-hybridized carbons (Fsp3) is 0.143. The third-order valence-corrected chi connectivity index (χ3v) is 3.89. The van der Waals surface area contributed by atoms with Gasteiger partial charge in [0.25, 0.3) is 0 Å². The number of hydrogen-bond acceptors (Lipinski definition) is 0. The molecule has 0 aliphatic heterocycles. The molecule has 27 heavy (non-hydrogen) atoms. The maximum Gasteiger partial charge on any atom is 0.673 e. The Morgan fingerprint density at radius 1 is 0.481 bits per heavy atom. The molecule has 0 saturated carbocycles. The molecule has 6 heteroatoms. The molecule has 1 nitrogen and oxygen atoms in total. The molecule has 0 bridgehead atoms. The zero-order valence-corrected chi connectivity index (χ0v) is 14.9. The molecule has 0 saturated heterocycles. The van der Waals surface area contributed by atoms with Gasteiger partial charge in [-0.1, -0.05) is 91.0 Å². The second kappa shape index (κ2) is 10.5. The minimum atomic E-state index is -6.00. The van der Waals surface area contributed by atoms with Gasteiger partial charge >= 0.3 is 7.25 Å². The smallest absolute Gasteiger partial charge is 0.418 e. The summed E-state index contributed by atoms with van der Waals surface area (Å²) in [5.41, 5.74) is 4.18. The number of nitrogens with one attached hydrogen (secondary N) is 1. The van der Waals surface area contributed by atoms with Crippen molar-refractivity contribution in [2.75, 3.05) is 0 Å². The van der Waals surface area contributed by atoms with Crippen LogP contribution in [0.15, 0.2) is 91.0 Å². The lowest BCUT2D eigenvalue weighted by Crippen LogP contribution is -3.08. The highest BCUT2D eigenvalue weighted by atomic mass is 19.5. The highest BCUT2D eigenvalue weighted by Crippen LogP contribution is 2.06. The first-order chi connectivity index (χ1) is 12.9. The number of halogens is 4. The average molecular weight is 375 g/mol. The lowest BCUT2D eigenvalue weighted by atomic mass is 10.1. The molecule has 0 fully saturated rings. The van der Waals surface area contributed by atoms with E-state index in [9.17, 15) is 17.3 Å². The predicted octanol–water partition coefficient (Wildman–Crippen LogP) is 4.77. The molecular formula is C21H22BF4N. The zero-order chi connectivity index (χ0) is 19.5. The number of benzene rings is 3. The lowest BCUT2D eigenvalue weighted by molar-refractivity contribution is -0.941. The maximum absolute atomic E-state index is 9.75. The van der Waals surface area contributed by atoms with E-state index in [2.05, 4.69) is 91.0 Å². The molecule has 0 unspecified atom stereocenters. The van der Waals surface area contributed by atoms with E-state index in [-0.39, 0.29) is 0 Å². The Morgan fingerprint density at radius 3 is 0.926 bits per heavy atom. The normalized spacial score (nSPS) is 11.0. The third kappa shape index (κ3) is 9.61. The van der Waals surface area contributed by atoms with Crippen LogP contribution in [-0.4, -0.2) is 7.25 Å². The van der Waals surface area contributed by atoms with Crippen LogP contribution in [0.3, 0.4) is 0 Å². The molecule has 0 spiro atoms. The molecule has 0 amide bonds. The van der Waals surface area contributed by atoms with Crippen LogP contribution in [0.5, 0.6) is 0 Å². The molecule has 0 radical (unpaired) electrons. The molecule has 0 atom stereocenters. The molecule has 1 N–H and O–H groups in total. The van der Waals surface area contributed by atoms with Crippen LogP contribution < -0.4 is 4.90 Å². The van der Waals surface area contributed by atoms with Gasteiger partial charge in [-0.05, 0) is 0 Å². The molecule has 0 aliphatic rings. The van der Waals surface area contributed by atoms with Gasteiger partial charge < -0.3 is 22.2 Å². The van der Waals surface area contributed by atoms with Crippen LogP contribution in [-0.2, 0) is 19.6 Å². The van der Waals surface area contributed by atoms with Crippen molar-refractivity contribution in [2.24, 2.45) is 0 Å². The minimum Gasteiger partial charge on any atom is -0.418 e. The van der Waals surface area contributed by atoms with E-state index >= 15 is 0 Å². The van der Waals surface area contributed by atoms with Gasteiger partial charge in [0.2, 0.25) is 0 Å². The van der Waals surface area contributed by atoms with Crippen LogP contribution >= 0.6 is 0 Å². The van der Waals surface area contributed by atoms with Crippen LogP contribution in [0.2, 0.25) is 0 Å². The molecule has 142 valence electrons. The first-order valence-electron chi connectivity index (χ1n) is 8.73. The summed E-state index contributed by atoms with van der Waals surface area (Å²) in [5, 5.41) is 0. The van der Waals surface area contributed by atoms with E-state index in [0.29, 0.717) is 0 Å². The van der Waals surface area contributed by atoms with Crippen LogP contribution in [0.4, 0.5) is 17.3 Å². The Balaban J connectivity index is 0.000000465. The van der Waals surface area contributed by atoms with E-state index in [1.165, 1.54) is 16.7 Å². The fourth-order valence-electron chi connectivity index (χ4n) is 2.84. The Kier molecular flexibility index (Phi) is 8.08. The van der Waals surface area contributed by atoms with E-state index in [1.54, 1.807) is 4.90 Å². The van der Waals surface area contributed by atoms with Crippen molar-refractivity contribution in [1.82, 2.24) is 0 Å². The predicted molar refractivity (Wildman–Crippen MR) is 102 cm³/mol. The number of quaternary nitrogens is 1. The Morgan fingerprint density at radius 2 is 0.704 bits per heavy atom. The van der Waals surface area contributed by atoms with Crippen molar-refractivity contribution in [3.63, 3.8) is 0 Å². The second-order valence-corrected chi connectivity index (χ2v) is 6.23. The first-order valence-corrected chi connectivity index (χ1v) is 8.73. The van der Waals surface area contributed by atoms with Crippen LogP contribution in [0.1, 0.15) is 16.7 Å². The first kappa shape index (κ1) is 20.7. The summed E-state index contributed by atoms with van der Waals surface area (Å²) < 4.78 is 39.0. The molecule has 3 aromatic rings. The van der Waals surface area contributed by atoms with E-state index < -0.39 is 7.25 Å². The quantitative estimate of drug-likeness (QED) is 0.468. The number of hydrogen-bond donors (Lipinski definition) is 1. The molecule has 3 rings (SSSR count). The van der Waals surface area contributed by atoms with E-state index in [1.807, 2.05) is 0 Å². The van der Waals surface area contributed by atoms with Crippen molar-refractivity contribution in [3.05, 3.63) is 108 Å². The average Bonchev–Trinajstić information content (AvgIpc) is 2.63. The van der Waals surface area contributed by atoms with E-state index in [0.717, 1.165) is 19.6 Å². The lowest BCUT2D eigenvalue weighted by Gasteiger charge is -2.20. The van der Waals surface area contributed by atoms with Gasteiger partial charge in [-0.25, -0.2) is 0 Å². The summed E-state index contributed by atoms with van der Waals surface area (Å²) in [4.78, 5) is 1.56. The summed E-state index contributed by atoms with van der Waals surface area (Å²) in [7, 11) is -6.00. The van der Waals surface area contributed by atoms with Gasteiger partial charge in [0.15, 0.2) is 0 Å². The fourth-order valence-corrected chi connectivity index (χ4v) is 2.84. The summed E-state index contributed by atoms with van der Waals surface area (Å²) in [5.74, 6) is 0. The van der Waals surface area contributed by atoms with Crippen molar-refractivity contribution >= 4 is 7.25 Å². The van der Waals surface area contributed by atoms with Crippen LogP contribution in [0.25, 0.3) is 0 Å². The Labute approximate surface area is 157 Å². The van der Waals surface area contributed by atoms with Crippen molar-refractivity contribution in [2.45, 2.75) is 19.6 Å². The van der Waals surface area contributed by atoms with Gasteiger partial charge in [-0.2, -0.15) is 0 Å². The largest absolute Gasteiger partial charge is 0.673 e. The SMILES string of the molecule is F[B-](F)(F)F.c1ccc(C[NH+](Cc2ccccc2)Cc2ccccc2)cc1. The molecule has 3 aromatic carbocycles. The standard InChI is InChI=1S/C21H21N.BF4/c1-4-10-19(11-5-1)16-22(17-20-12-6-2-7-13-20)18-21-14-8-3-9-15-21;2-1(3,4)5/h1-15H,16-18H2;/q;-1/p+1. The number of rotatable bonds is 6. The maximum atomic E-state index is 9.75. The van der Waals surface area contributed by atoms with Gasteiger partial charge in [0, 0.05) is 16.7 Å². The van der Waals surface area contributed by atoms with Gasteiger partial charge in [0.05, 0.1) is 0 Å². The highest BCUT2D eigenvalue weighted by molar-refractivity contribution is 6.50. The summed E-state index contributed by atoms with van der Waals surface area (Å²) >= 11 is 0. The molecule has 0 heterocycles. The summed E-state index contributed by atoms with van der Waals surface area (Å²) in [6.45, 7) is 3.14. The van der Waals surface area contributed by atoms with Gasteiger partial charge in [-0.15, -0.1) is 0 Å². The molecular weight excluding hydrogens is 353 g/mol. The van der Waals surface area contributed by atoms with Crippen molar-refractivity contribution < 1.29 is 22.2 Å². The van der Waals surface area contributed by atoms with Crippen molar-refractivity contribution in [3.8, 4) is 0 Å². The molecule has 0 aliphatic carbocycles. The third-order valence-electron chi connectivity index (χ3n) is 3.89. The minimum absolute atomic E-state index is 1.05. The summed E-state index contributed by atoms with van der Waals surface area (Å²) in [6.07, 6.45) is 0. The van der Waals surface area contributed by atoms with E-state index in [4.69, 9.17) is 0 Å². The molecule has 0 aromatic heterocycles. The Hall–Kier alpha value is -2.60.